The van der Waals surface area contributed by atoms with E-state index >= 15 is 0 Å². The fourth-order valence-corrected chi connectivity index (χ4v) is 1.58. The van der Waals surface area contributed by atoms with Gasteiger partial charge in [-0.3, -0.25) is 0 Å². The van der Waals surface area contributed by atoms with Gasteiger partial charge >= 0.3 is 0 Å². The van der Waals surface area contributed by atoms with Crippen LogP contribution in [0.4, 0.5) is 0 Å². The molecule has 0 fully saturated rings. The molecule has 3 rings (SSSR count). The van der Waals surface area contributed by atoms with E-state index in [1.54, 1.807) is 15.5 Å². The van der Waals surface area contributed by atoms with Crippen LogP contribution in [0.15, 0.2) is 18.7 Å². The van der Waals surface area contributed by atoms with Crippen LogP contribution in [0.2, 0.25) is 0 Å². The molecule has 0 atom stereocenters. The summed E-state index contributed by atoms with van der Waals surface area (Å²) in [5, 5.41) is 8.33. The first-order valence-corrected chi connectivity index (χ1v) is 5.06. The summed E-state index contributed by atoms with van der Waals surface area (Å²) in [7, 11) is 0. The minimum absolute atomic E-state index is 0.303. The molecule has 0 saturated heterocycles. The first-order valence-electron chi connectivity index (χ1n) is 5.06. The SMILES string of the molecule is Cc1cc(-n2cnc(CN)n2)n2ncnc2n1. The van der Waals surface area contributed by atoms with Crippen molar-refractivity contribution in [3.8, 4) is 5.82 Å². The fourth-order valence-electron chi connectivity index (χ4n) is 1.58. The van der Waals surface area contributed by atoms with Gasteiger partial charge in [0.15, 0.2) is 11.6 Å². The number of hydrogen-bond donors (Lipinski definition) is 1. The Morgan fingerprint density at radius 1 is 1.35 bits per heavy atom. The molecule has 0 spiro atoms. The minimum atomic E-state index is 0.303. The van der Waals surface area contributed by atoms with E-state index in [0.717, 1.165) is 11.5 Å². The second-order valence-corrected chi connectivity index (χ2v) is 3.54. The number of aryl methyl sites for hydroxylation is 1. The lowest BCUT2D eigenvalue weighted by atomic mass is 10.4. The van der Waals surface area contributed by atoms with Crippen LogP contribution in [0.1, 0.15) is 11.5 Å². The van der Waals surface area contributed by atoms with Gasteiger partial charge in [0.05, 0.1) is 6.54 Å². The van der Waals surface area contributed by atoms with Gasteiger partial charge in [-0.2, -0.15) is 14.6 Å². The van der Waals surface area contributed by atoms with Crippen molar-refractivity contribution < 1.29 is 0 Å². The molecule has 17 heavy (non-hydrogen) atoms. The number of rotatable bonds is 2. The van der Waals surface area contributed by atoms with Crippen LogP contribution in [0.5, 0.6) is 0 Å². The van der Waals surface area contributed by atoms with Gasteiger partial charge < -0.3 is 5.73 Å². The van der Waals surface area contributed by atoms with Crippen molar-refractivity contribution in [1.29, 1.82) is 0 Å². The Balaban J connectivity index is 2.24. The van der Waals surface area contributed by atoms with Crippen LogP contribution in [0, 0.1) is 6.92 Å². The number of aromatic nitrogens is 7. The zero-order valence-electron chi connectivity index (χ0n) is 9.15. The molecule has 0 aliphatic carbocycles. The maximum atomic E-state index is 5.48. The Bertz CT molecular complexity index is 666. The summed E-state index contributed by atoms with van der Waals surface area (Å²) in [6.45, 7) is 2.19. The summed E-state index contributed by atoms with van der Waals surface area (Å²) >= 11 is 0. The number of fused-ring (bicyclic) bond motifs is 1. The summed E-state index contributed by atoms with van der Waals surface area (Å²) in [6.07, 6.45) is 3.05. The fraction of sp³-hybridized carbons (Fsp3) is 0.222. The predicted molar refractivity (Wildman–Crippen MR) is 58.3 cm³/mol. The summed E-state index contributed by atoms with van der Waals surface area (Å²) in [5.74, 6) is 1.84. The zero-order valence-corrected chi connectivity index (χ0v) is 9.15. The van der Waals surface area contributed by atoms with Crippen molar-refractivity contribution in [2.75, 3.05) is 0 Å². The maximum Gasteiger partial charge on any atom is 0.254 e. The molecule has 86 valence electrons. The Morgan fingerprint density at radius 3 is 3.00 bits per heavy atom. The van der Waals surface area contributed by atoms with Crippen LogP contribution < -0.4 is 5.73 Å². The third-order valence-electron chi connectivity index (χ3n) is 2.32. The standard InChI is InChI=1S/C9H10N8/c1-6-2-8(16-5-12-7(3-10)15-16)17-9(14-6)11-4-13-17/h2,4-5H,3,10H2,1H3. The molecule has 0 amide bonds. The molecule has 8 heteroatoms. The number of nitrogens with zero attached hydrogens (tertiary/aromatic N) is 7. The van der Waals surface area contributed by atoms with Crippen LogP contribution in [0.3, 0.4) is 0 Å². The average molecular weight is 230 g/mol. The molecule has 0 saturated carbocycles. The van der Waals surface area contributed by atoms with Crippen LogP contribution in [-0.2, 0) is 6.54 Å². The maximum absolute atomic E-state index is 5.48. The average Bonchev–Trinajstić information content (AvgIpc) is 2.95. The molecule has 0 unspecified atom stereocenters. The van der Waals surface area contributed by atoms with E-state index < -0.39 is 0 Å². The lowest BCUT2D eigenvalue weighted by Gasteiger charge is -2.03. The largest absolute Gasteiger partial charge is 0.324 e. The van der Waals surface area contributed by atoms with Gasteiger partial charge in [-0.25, -0.2) is 14.6 Å². The van der Waals surface area contributed by atoms with Gasteiger partial charge in [0, 0.05) is 11.8 Å². The van der Waals surface area contributed by atoms with Crippen LogP contribution in [-0.4, -0.2) is 34.3 Å². The highest BCUT2D eigenvalue weighted by molar-refractivity contribution is 5.36. The third-order valence-corrected chi connectivity index (χ3v) is 2.32. The number of hydrogen-bond acceptors (Lipinski definition) is 6. The highest BCUT2D eigenvalue weighted by Crippen LogP contribution is 2.08. The highest BCUT2D eigenvalue weighted by atomic mass is 15.4. The molecular formula is C9H10N8. The van der Waals surface area contributed by atoms with Crippen molar-refractivity contribution in [1.82, 2.24) is 34.3 Å². The lowest BCUT2D eigenvalue weighted by molar-refractivity contribution is 0.759. The molecule has 3 aromatic rings. The van der Waals surface area contributed by atoms with Gasteiger partial charge in [-0.05, 0) is 6.92 Å². The Morgan fingerprint density at radius 2 is 2.24 bits per heavy atom. The molecule has 3 aromatic heterocycles. The normalized spacial score (nSPS) is 11.2. The topological polar surface area (TPSA) is 99.8 Å². The third kappa shape index (κ3) is 1.54. The van der Waals surface area contributed by atoms with Gasteiger partial charge in [-0.15, -0.1) is 5.10 Å². The summed E-state index contributed by atoms with van der Waals surface area (Å²) in [4.78, 5) is 12.4. The van der Waals surface area contributed by atoms with Gasteiger partial charge in [-0.1, -0.05) is 0 Å². The molecule has 0 aliphatic rings. The second-order valence-electron chi connectivity index (χ2n) is 3.54. The molecule has 0 aromatic carbocycles. The monoisotopic (exact) mass is 230 g/mol. The summed E-state index contributed by atoms with van der Waals surface area (Å²) in [5.41, 5.74) is 6.32. The molecule has 2 N–H and O–H groups in total. The summed E-state index contributed by atoms with van der Waals surface area (Å²) in [6, 6.07) is 1.86. The number of nitrogens with two attached hydrogens (primary N) is 1. The van der Waals surface area contributed by atoms with Crippen LogP contribution >= 0.6 is 0 Å². The van der Waals surface area contributed by atoms with E-state index in [1.165, 1.54) is 6.33 Å². The lowest BCUT2D eigenvalue weighted by Crippen LogP contribution is -2.07. The van der Waals surface area contributed by atoms with Crippen LogP contribution in [0.25, 0.3) is 11.6 Å². The van der Waals surface area contributed by atoms with Crippen molar-refractivity contribution in [3.05, 3.63) is 30.2 Å². The Hall–Kier alpha value is -2.35. The molecule has 8 nitrogen and oxygen atoms in total. The molecular weight excluding hydrogens is 220 g/mol. The summed E-state index contributed by atoms with van der Waals surface area (Å²) < 4.78 is 3.21. The molecule has 0 bridgehead atoms. The van der Waals surface area contributed by atoms with E-state index in [4.69, 9.17) is 5.73 Å². The smallest absolute Gasteiger partial charge is 0.254 e. The predicted octanol–water partition coefficient (Wildman–Crippen LogP) is -0.528. The van der Waals surface area contributed by atoms with E-state index in [2.05, 4.69) is 25.1 Å². The van der Waals surface area contributed by atoms with Crippen molar-refractivity contribution in [3.63, 3.8) is 0 Å². The first kappa shape index (κ1) is 9.85. The molecule has 0 aliphatic heterocycles. The molecule has 3 heterocycles. The first-order chi connectivity index (χ1) is 8.28. The van der Waals surface area contributed by atoms with E-state index in [-0.39, 0.29) is 0 Å². The van der Waals surface area contributed by atoms with E-state index in [0.29, 0.717) is 18.1 Å². The highest BCUT2D eigenvalue weighted by Gasteiger charge is 2.09. The van der Waals surface area contributed by atoms with Gasteiger partial charge in [0.2, 0.25) is 0 Å². The van der Waals surface area contributed by atoms with Crippen molar-refractivity contribution >= 4 is 5.78 Å². The Kier molecular flexibility index (Phi) is 2.08. The van der Waals surface area contributed by atoms with Gasteiger partial charge in [0.1, 0.15) is 12.7 Å². The quantitative estimate of drug-likeness (QED) is 0.635. The van der Waals surface area contributed by atoms with Crippen molar-refractivity contribution in [2.24, 2.45) is 5.73 Å². The zero-order chi connectivity index (χ0) is 11.8. The van der Waals surface area contributed by atoms with Crippen molar-refractivity contribution in [2.45, 2.75) is 13.5 Å². The minimum Gasteiger partial charge on any atom is -0.324 e. The van der Waals surface area contributed by atoms with E-state index in [1.807, 2.05) is 13.0 Å². The van der Waals surface area contributed by atoms with Gasteiger partial charge in [0.25, 0.3) is 5.78 Å². The molecule has 0 radical (unpaired) electrons. The van der Waals surface area contributed by atoms with E-state index in [9.17, 15) is 0 Å². The Labute approximate surface area is 96.1 Å². The second kappa shape index (κ2) is 3.59.